The molecule has 18 heavy (non-hydrogen) atoms. The van der Waals surface area contributed by atoms with Crippen molar-refractivity contribution in [1.29, 1.82) is 0 Å². The lowest BCUT2D eigenvalue weighted by Gasteiger charge is -2.08. The number of benzene rings is 1. The number of pyridine rings is 1. The average Bonchev–Trinajstić information content (AvgIpc) is 2.39. The predicted octanol–water partition coefficient (Wildman–Crippen LogP) is 4.41. The van der Waals surface area contributed by atoms with E-state index in [-0.39, 0.29) is 6.04 Å². The van der Waals surface area contributed by atoms with E-state index >= 15 is 0 Å². The summed E-state index contributed by atoms with van der Waals surface area (Å²) in [4.78, 5) is 6.73. The summed E-state index contributed by atoms with van der Waals surface area (Å²) in [6, 6.07) is 12.3. The van der Waals surface area contributed by atoms with Crippen LogP contribution in [0, 0.1) is 0 Å². The zero-order chi connectivity index (χ0) is 13.0. The van der Waals surface area contributed by atoms with Crippen molar-refractivity contribution in [3.8, 4) is 0 Å². The molecule has 1 aromatic heterocycles. The Bertz CT molecular complexity index is 513. The van der Waals surface area contributed by atoms with E-state index in [0.717, 1.165) is 21.5 Å². The lowest BCUT2D eigenvalue weighted by Crippen LogP contribution is -2.10. The molecule has 0 unspecified atom stereocenters. The normalized spacial score (nSPS) is 12.4. The van der Waals surface area contributed by atoms with Gasteiger partial charge in [0.05, 0.1) is 5.69 Å². The highest BCUT2D eigenvalue weighted by molar-refractivity contribution is 9.10. The van der Waals surface area contributed by atoms with Crippen LogP contribution >= 0.6 is 27.7 Å². The van der Waals surface area contributed by atoms with Gasteiger partial charge in [0.25, 0.3) is 0 Å². The molecule has 1 atom stereocenters. The Morgan fingerprint density at radius 3 is 2.72 bits per heavy atom. The van der Waals surface area contributed by atoms with Gasteiger partial charge in [-0.25, -0.2) is 0 Å². The number of rotatable bonds is 4. The van der Waals surface area contributed by atoms with E-state index in [9.17, 15) is 0 Å². The minimum absolute atomic E-state index is 0.0370. The van der Waals surface area contributed by atoms with Gasteiger partial charge in [-0.3, -0.25) is 4.98 Å². The smallest absolute Gasteiger partial charge is 0.0571 e. The molecule has 2 N–H and O–H groups in total. The zero-order valence-electron chi connectivity index (χ0n) is 10.1. The van der Waals surface area contributed by atoms with Gasteiger partial charge in [0, 0.05) is 26.5 Å². The second-order valence-electron chi connectivity index (χ2n) is 3.99. The predicted molar refractivity (Wildman–Crippen MR) is 79.7 cm³/mol. The van der Waals surface area contributed by atoms with Crippen LogP contribution in [-0.4, -0.2) is 4.98 Å². The number of halogens is 1. The van der Waals surface area contributed by atoms with Crippen molar-refractivity contribution in [3.63, 3.8) is 0 Å². The number of nitrogens with two attached hydrogens (primary N) is 1. The molecular formula is C14H15BrN2S. The maximum absolute atomic E-state index is 5.94. The van der Waals surface area contributed by atoms with E-state index in [4.69, 9.17) is 5.73 Å². The fourth-order valence-electron chi connectivity index (χ4n) is 1.55. The van der Waals surface area contributed by atoms with E-state index in [2.05, 4.69) is 46.0 Å². The molecule has 0 radical (unpaired) electrons. The Hall–Kier alpha value is -0.840. The van der Waals surface area contributed by atoms with Crippen LogP contribution in [0.4, 0.5) is 0 Å². The Kier molecular flexibility index (Phi) is 4.80. The minimum Gasteiger partial charge on any atom is -0.323 e. The highest BCUT2D eigenvalue weighted by Gasteiger charge is 2.05. The van der Waals surface area contributed by atoms with Crippen LogP contribution in [0.1, 0.15) is 25.1 Å². The van der Waals surface area contributed by atoms with Gasteiger partial charge in [0.2, 0.25) is 0 Å². The van der Waals surface area contributed by atoms with E-state index in [0.29, 0.717) is 0 Å². The van der Waals surface area contributed by atoms with Crippen LogP contribution < -0.4 is 5.73 Å². The molecule has 1 aromatic carbocycles. The fourth-order valence-corrected chi connectivity index (χ4v) is 2.94. The lowest BCUT2D eigenvalue weighted by atomic mass is 10.1. The third-order valence-electron chi connectivity index (χ3n) is 2.61. The highest BCUT2D eigenvalue weighted by atomic mass is 79.9. The molecule has 0 bridgehead atoms. The molecular weight excluding hydrogens is 308 g/mol. The first-order valence-corrected chi connectivity index (χ1v) is 7.45. The summed E-state index contributed by atoms with van der Waals surface area (Å²) in [6.07, 6.45) is 2.79. The molecule has 0 amide bonds. The molecule has 0 saturated heterocycles. The highest BCUT2D eigenvalue weighted by Crippen LogP contribution is 2.29. The van der Waals surface area contributed by atoms with Crippen LogP contribution in [0.2, 0.25) is 0 Å². The molecule has 2 aromatic rings. The van der Waals surface area contributed by atoms with Crippen molar-refractivity contribution < 1.29 is 0 Å². The fraction of sp³-hybridized carbons (Fsp3) is 0.214. The molecule has 2 rings (SSSR count). The van der Waals surface area contributed by atoms with Crippen molar-refractivity contribution in [1.82, 2.24) is 4.98 Å². The van der Waals surface area contributed by atoms with E-state index in [1.165, 1.54) is 4.90 Å². The van der Waals surface area contributed by atoms with E-state index < -0.39 is 0 Å². The molecule has 4 heteroatoms. The van der Waals surface area contributed by atoms with Crippen molar-refractivity contribution in [3.05, 3.63) is 52.8 Å². The van der Waals surface area contributed by atoms with Gasteiger partial charge >= 0.3 is 0 Å². The Labute approximate surface area is 120 Å². The van der Waals surface area contributed by atoms with Crippen LogP contribution in [-0.2, 0) is 0 Å². The molecule has 0 aliphatic rings. The Balaban J connectivity index is 2.11. The zero-order valence-corrected chi connectivity index (χ0v) is 12.5. The van der Waals surface area contributed by atoms with Crippen LogP contribution in [0.25, 0.3) is 0 Å². The summed E-state index contributed by atoms with van der Waals surface area (Å²) in [5, 5.41) is 0. The molecule has 0 fully saturated rings. The second kappa shape index (κ2) is 6.36. The van der Waals surface area contributed by atoms with E-state index in [1.807, 2.05) is 24.4 Å². The van der Waals surface area contributed by atoms with Crippen molar-refractivity contribution in [2.24, 2.45) is 5.73 Å². The first-order valence-electron chi connectivity index (χ1n) is 5.84. The molecule has 1 heterocycles. The minimum atomic E-state index is 0.0370. The van der Waals surface area contributed by atoms with E-state index in [1.54, 1.807) is 11.8 Å². The third-order valence-corrected chi connectivity index (χ3v) is 4.07. The first kappa shape index (κ1) is 13.6. The van der Waals surface area contributed by atoms with Crippen molar-refractivity contribution >= 4 is 27.7 Å². The van der Waals surface area contributed by atoms with Crippen LogP contribution in [0.15, 0.2) is 56.9 Å². The largest absolute Gasteiger partial charge is 0.323 e. The Morgan fingerprint density at radius 1 is 1.28 bits per heavy atom. The van der Waals surface area contributed by atoms with Gasteiger partial charge in [0.1, 0.15) is 0 Å². The quantitative estimate of drug-likeness (QED) is 0.906. The van der Waals surface area contributed by atoms with Gasteiger partial charge < -0.3 is 5.73 Å². The Morgan fingerprint density at radius 2 is 2.11 bits per heavy atom. The second-order valence-corrected chi connectivity index (χ2v) is 6.06. The van der Waals surface area contributed by atoms with Gasteiger partial charge in [-0.15, -0.1) is 0 Å². The molecule has 0 saturated carbocycles. The standard InChI is InChI=1S/C14H15BrN2S/c1-2-13(16)14-7-6-12(9-17-14)18-11-5-3-4-10(15)8-11/h3-9,13H,2,16H2,1H3/t13-/m0/s1. The van der Waals surface area contributed by atoms with Crippen LogP contribution in [0.3, 0.4) is 0 Å². The van der Waals surface area contributed by atoms with Crippen molar-refractivity contribution in [2.45, 2.75) is 29.2 Å². The number of hydrogen-bond donors (Lipinski definition) is 1. The van der Waals surface area contributed by atoms with Gasteiger partial charge in [0.15, 0.2) is 0 Å². The maximum Gasteiger partial charge on any atom is 0.0571 e. The van der Waals surface area contributed by atoms with Gasteiger partial charge in [-0.05, 0) is 36.8 Å². The number of hydrogen-bond acceptors (Lipinski definition) is 3. The average molecular weight is 323 g/mol. The molecule has 0 spiro atoms. The monoisotopic (exact) mass is 322 g/mol. The summed E-state index contributed by atoms with van der Waals surface area (Å²) in [7, 11) is 0. The summed E-state index contributed by atoms with van der Waals surface area (Å²) < 4.78 is 1.09. The SMILES string of the molecule is CC[C@H](N)c1ccc(Sc2cccc(Br)c2)cn1. The van der Waals surface area contributed by atoms with Gasteiger partial charge in [-0.2, -0.15) is 0 Å². The number of nitrogens with zero attached hydrogens (tertiary/aromatic N) is 1. The molecule has 0 aliphatic carbocycles. The van der Waals surface area contributed by atoms with Crippen molar-refractivity contribution in [2.75, 3.05) is 0 Å². The first-order chi connectivity index (χ1) is 8.69. The topological polar surface area (TPSA) is 38.9 Å². The summed E-state index contributed by atoms with van der Waals surface area (Å²) >= 11 is 5.17. The summed E-state index contributed by atoms with van der Waals surface area (Å²) in [5.41, 5.74) is 6.90. The third kappa shape index (κ3) is 3.57. The molecule has 0 aliphatic heterocycles. The van der Waals surface area contributed by atoms with Gasteiger partial charge in [-0.1, -0.05) is 40.7 Å². The number of aromatic nitrogens is 1. The lowest BCUT2D eigenvalue weighted by molar-refractivity contribution is 0.674. The summed E-state index contributed by atoms with van der Waals surface area (Å²) in [5.74, 6) is 0. The van der Waals surface area contributed by atoms with Crippen LogP contribution in [0.5, 0.6) is 0 Å². The maximum atomic E-state index is 5.94. The molecule has 2 nitrogen and oxygen atoms in total. The molecule has 94 valence electrons. The summed E-state index contributed by atoms with van der Waals surface area (Å²) in [6.45, 7) is 2.07.